The summed E-state index contributed by atoms with van der Waals surface area (Å²) in [5.74, 6) is 0.447. The third kappa shape index (κ3) is 4.25. The summed E-state index contributed by atoms with van der Waals surface area (Å²) in [5, 5.41) is 3.98. The molecule has 1 atom stereocenters. The van der Waals surface area contributed by atoms with Gasteiger partial charge in [-0.15, -0.1) is 11.3 Å². The van der Waals surface area contributed by atoms with Gasteiger partial charge in [-0.2, -0.15) is 15.0 Å². The highest BCUT2D eigenvalue weighted by Crippen LogP contribution is 2.30. The normalized spacial score (nSPS) is 18.3. The second kappa shape index (κ2) is 8.96. The number of nitrogen functional groups attached to an aromatic ring is 1. The smallest absolute Gasteiger partial charge is 0.296 e. The first kappa shape index (κ1) is 22.0. The fraction of sp³-hybridized carbons (Fsp3) is 0.409. The lowest BCUT2D eigenvalue weighted by Crippen LogP contribution is -2.38. The van der Waals surface area contributed by atoms with Crippen molar-refractivity contribution in [1.82, 2.24) is 29.5 Å². The molecule has 6 rings (SSSR count). The van der Waals surface area contributed by atoms with Gasteiger partial charge < -0.3 is 20.7 Å². The number of para-hydroxylation sites is 2. The molecule has 2 aliphatic rings. The summed E-state index contributed by atoms with van der Waals surface area (Å²) >= 11 is 1.49. The van der Waals surface area contributed by atoms with Crippen molar-refractivity contribution in [2.75, 3.05) is 42.3 Å². The van der Waals surface area contributed by atoms with Crippen molar-refractivity contribution in [3.63, 3.8) is 0 Å². The van der Waals surface area contributed by atoms with Crippen LogP contribution < -0.4 is 16.0 Å². The van der Waals surface area contributed by atoms with Gasteiger partial charge in [-0.3, -0.25) is 4.57 Å². The van der Waals surface area contributed by atoms with Crippen molar-refractivity contribution < 1.29 is 13.5 Å². The molecule has 13 heteroatoms. The predicted octanol–water partition coefficient (Wildman–Crippen LogP) is 2.99. The van der Waals surface area contributed by atoms with Gasteiger partial charge in [0.15, 0.2) is 11.0 Å². The molecular formula is C22H23F2N9OS. The van der Waals surface area contributed by atoms with Gasteiger partial charge in [0, 0.05) is 30.4 Å². The number of imidazole rings is 1. The molecule has 35 heavy (non-hydrogen) atoms. The number of hydrogen-bond donors (Lipinski definition) is 2. The Hall–Kier alpha value is -3.45. The van der Waals surface area contributed by atoms with Gasteiger partial charge in [0.05, 0.1) is 29.9 Å². The predicted molar refractivity (Wildman–Crippen MR) is 128 cm³/mol. The van der Waals surface area contributed by atoms with Gasteiger partial charge in [0.25, 0.3) is 6.43 Å². The number of alkyl halides is 2. The van der Waals surface area contributed by atoms with E-state index in [2.05, 4.69) is 30.2 Å². The molecule has 182 valence electrons. The van der Waals surface area contributed by atoms with Crippen LogP contribution in [0.5, 0.6) is 0 Å². The van der Waals surface area contributed by atoms with Crippen LogP contribution in [0.3, 0.4) is 0 Å². The quantitative estimate of drug-likeness (QED) is 0.427. The third-order valence-electron chi connectivity index (χ3n) is 6.18. The van der Waals surface area contributed by atoms with Crippen LogP contribution in [0.2, 0.25) is 0 Å². The van der Waals surface area contributed by atoms with E-state index in [-0.39, 0.29) is 12.0 Å². The summed E-state index contributed by atoms with van der Waals surface area (Å²) < 4.78 is 34.8. The van der Waals surface area contributed by atoms with Crippen LogP contribution >= 0.6 is 11.3 Å². The first-order valence-electron chi connectivity index (χ1n) is 11.4. The van der Waals surface area contributed by atoms with Crippen molar-refractivity contribution in [3.05, 3.63) is 40.7 Å². The highest BCUT2D eigenvalue weighted by atomic mass is 32.1. The Labute approximate surface area is 203 Å². The van der Waals surface area contributed by atoms with E-state index in [1.165, 1.54) is 15.9 Å². The number of nitrogens with one attached hydrogen (secondary N) is 1. The van der Waals surface area contributed by atoms with Gasteiger partial charge in [0.1, 0.15) is 0 Å². The zero-order chi connectivity index (χ0) is 23.9. The summed E-state index contributed by atoms with van der Waals surface area (Å²) in [7, 11) is 0. The number of aromatic nitrogens is 6. The minimum Gasteiger partial charge on any atom is -0.378 e. The highest BCUT2D eigenvalue weighted by molar-refractivity contribution is 7.15. The molecule has 1 aliphatic heterocycles. The maximum Gasteiger partial charge on any atom is 0.296 e. The fourth-order valence-corrected chi connectivity index (χ4v) is 5.48. The molecule has 1 saturated heterocycles. The van der Waals surface area contributed by atoms with Crippen molar-refractivity contribution in [3.8, 4) is 5.95 Å². The molecule has 0 spiro atoms. The molecule has 0 radical (unpaired) electrons. The Morgan fingerprint density at radius 2 is 1.86 bits per heavy atom. The number of thiazole rings is 1. The van der Waals surface area contributed by atoms with E-state index in [0.717, 1.165) is 29.8 Å². The number of fused-ring (bicyclic) bond motifs is 2. The number of nitrogens with two attached hydrogens (primary N) is 1. The van der Waals surface area contributed by atoms with Gasteiger partial charge in [-0.05, 0) is 25.0 Å². The van der Waals surface area contributed by atoms with E-state index in [1.54, 1.807) is 24.3 Å². The zero-order valence-corrected chi connectivity index (χ0v) is 19.5. The van der Waals surface area contributed by atoms with Gasteiger partial charge in [0.2, 0.25) is 17.8 Å². The summed E-state index contributed by atoms with van der Waals surface area (Å²) in [6.45, 7) is 2.28. The molecule has 10 nitrogen and oxygen atoms in total. The lowest BCUT2D eigenvalue weighted by molar-refractivity contribution is 0.122. The average Bonchev–Trinajstić information content (AvgIpc) is 3.44. The van der Waals surface area contributed by atoms with Crippen LogP contribution in [-0.4, -0.2) is 61.8 Å². The zero-order valence-electron chi connectivity index (χ0n) is 18.7. The number of ether oxygens (including phenoxy) is 1. The molecule has 0 amide bonds. The molecular weight excluding hydrogens is 476 g/mol. The maximum atomic E-state index is 14.0. The minimum atomic E-state index is -2.80. The summed E-state index contributed by atoms with van der Waals surface area (Å²) in [5.41, 5.74) is 7.89. The number of morpholine rings is 1. The highest BCUT2D eigenvalue weighted by Gasteiger charge is 2.26. The van der Waals surface area contributed by atoms with Crippen molar-refractivity contribution >= 4 is 39.4 Å². The number of aryl methyl sites for hydroxylation is 1. The SMILES string of the molecule is Nc1nc2c(s1)C[C@@H](Nc1nc(N3CCOCC3)nc(-n3c(C(F)F)nc4ccccc43)n1)CC2. The Balaban J connectivity index is 1.41. The van der Waals surface area contributed by atoms with Crippen molar-refractivity contribution in [2.45, 2.75) is 31.7 Å². The summed E-state index contributed by atoms with van der Waals surface area (Å²) in [6.07, 6.45) is -0.415. The van der Waals surface area contributed by atoms with Crippen LogP contribution in [0.25, 0.3) is 17.0 Å². The molecule has 1 fully saturated rings. The second-order valence-electron chi connectivity index (χ2n) is 8.46. The average molecular weight is 500 g/mol. The van der Waals surface area contributed by atoms with E-state index in [9.17, 15) is 8.78 Å². The number of rotatable bonds is 5. The molecule has 0 bridgehead atoms. The van der Waals surface area contributed by atoms with E-state index < -0.39 is 12.2 Å². The van der Waals surface area contributed by atoms with Crippen LogP contribution in [0.4, 0.5) is 25.8 Å². The van der Waals surface area contributed by atoms with E-state index in [0.29, 0.717) is 54.4 Å². The lowest BCUT2D eigenvalue weighted by atomic mass is 9.98. The number of halogens is 2. The second-order valence-corrected chi connectivity index (χ2v) is 9.57. The number of hydrogen-bond acceptors (Lipinski definition) is 10. The summed E-state index contributed by atoms with van der Waals surface area (Å²) in [4.78, 5) is 25.5. The molecule has 1 aliphatic carbocycles. The Morgan fingerprint density at radius 3 is 2.69 bits per heavy atom. The molecule has 3 N–H and O–H groups in total. The van der Waals surface area contributed by atoms with Gasteiger partial charge in [-0.25, -0.2) is 18.7 Å². The van der Waals surface area contributed by atoms with Gasteiger partial charge >= 0.3 is 0 Å². The van der Waals surface area contributed by atoms with Gasteiger partial charge in [-0.1, -0.05) is 12.1 Å². The standard InChI is InChI=1S/C22H23F2N9OS/c23-17(24)18-27-13-3-1-2-4-15(13)33(18)22-30-20(29-21(31-22)32-7-9-34-10-8-32)26-12-5-6-14-16(11-12)35-19(25)28-14/h1-4,12,17H,5-11H2,(H2,25,28)(H,26,29,30,31)/t12-/m0/s1. The Kier molecular flexibility index (Phi) is 5.65. The maximum absolute atomic E-state index is 14.0. The van der Waals surface area contributed by atoms with Crippen LogP contribution in [-0.2, 0) is 17.6 Å². The van der Waals surface area contributed by atoms with Crippen LogP contribution in [0.15, 0.2) is 24.3 Å². The topological polar surface area (TPSA) is 120 Å². The molecule has 1 aromatic carbocycles. The van der Waals surface area contributed by atoms with E-state index in [1.807, 2.05) is 4.90 Å². The van der Waals surface area contributed by atoms with E-state index in [4.69, 9.17) is 10.5 Å². The number of nitrogens with zero attached hydrogens (tertiary/aromatic N) is 7. The minimum absolute atomic E-state index is 0.0595. The van der Waals surface area contributed by atoms with Crippen LogP contribution in [0, 0.1) is 0 Å². The number of anilines is 3. The molecule has 3 aromatic heterocycles. The lowest BCUT2D eigenvalue weighted by Gasteiger charge is -2.28. The van der Waals surface area contributed by atoms with E-state index >= 15 is 0 Å². The molecule has 0 saturated carbocycles. The molecule has 4 aromatic rings. The molecule has 4 heterocycles. The Bertz CT molecular complexity index is 1370. The van der Waals surface area contributed by atoms with Crippen molar-refractivity contribution in [1.29, 1.82) is 0 Å². The van der Waals surface area contributed by atoms with Crippen LogP contribution in [0.1, 0.15) is 29.2 Å². The third-order valence-corrected chi connectivity index (χ3v) is 7.13. The number of benzene rings is 1. The fourth-order valence-electron chi connectivity index (χ4n) is 4.53. The van der Waals surface area contributed by atoms with Crippen molar-refractivity contribution in [2.24, 2.45) is 0 Å². The first-order chi connectivity index (χ1) is 17.0. The summed E-state index contributed by atoms with van der Waals surface area (Å²) in [6, 6.07) is 7.03. The largest absolute Gasteiger partial charge is 0.378 e. The Morgan fingerprint density at radius 1 is 1.06 bits per heavy atom. The monoisotopic (exact) mass is 499 g/mol. The first-order valence-corrected chi connectivity index (χ1v) is 12.2. The molecule has 0 unspecified atom stereocenters.